The van der Waals surface area contributed by atoms with Gasteiger partial charge in [0.15, 0.2) is 5.75 Å². The van der Waals surface area contributed by atoms with Crippen LogP contribution >= 0.6 is 0 Å². The van der Waals surface area contributed by atoms with Crippen LogP contribution in [-0.2, 0) is 0 Å². The number of hydrogen-bond donors (Lipinski definition) is 1. The maximum absolute atomic E-state index is 11.0. The summed E-state index contributed by atoms with van der Waals surface area (Å²) in [6, 6.07) is 9.39. The number of amides is 1. The molecule has 0 aliphatic rings. The maximum atomic E-state index is 11.0. The lowest BCUT2D eigenvalue weighted by Gasteiger charge is -2.07. The van der Waals surface area contributed by atoms with Crippen molar-refractivity contribution in [1.29, 1.82) is 0 Å². The van der Waals surface area contributed by atoms with Gasteiger partial charge in [0, 0.05) is 5.56 Å². The fraction of sp³-hybridized carbons (Fsp3) is 0.0833. The Bertz CT molecular complexity index is 541. The van der Waals surface area contributed by atoms with Crippen LogP contribution in [0, 0.1) is 0 Å². The SMILES string of the molecule is COc1cnc(C(N)=O)nc1-c1ccccc1. The molecule has 0 aliphatic heterocycles. The van der Waals surface area contributed by atoms with E-state index in [2.05, 4.69) is 9.97 Å². The summed E-state index contributed by atoms with van der Waals surface area (Å²) < 4.78 is 5.16. The first-order valence-corrected chi connectivity index (χ1v) is 4.98. The van der Waals surface area contributed by atoms with Crippen LogP contribution in [0.1, 0.15) is 10.6 Å². The van der Waals surface area contributed by atoms with Crippen molar-refractivity contribution in [3.05, 3.63) is 42.4 Å². The molecule has 0 spiro atoms. The third-order valence-corrected chi connectivity index (χ3v) is 2.24. The molecule has 2 rings (SSSR count). The Morgan fingerprint density at radius 3 is 2.59 bits per heavy atom. The van der Waals surface area contributed by atoms with Gasteiger partial charge in [0.25, 0.3) is 5.91 Å². The van der Waals surface area contributed by atoms with Gasteiger partial charge in [-0.1, -0.05) is 30.3 Å². The van der Waals surface area contributed by atoms with Crippen molar-refractivity contribution >= 4 is 5.91 Å². The van der Waals surface area contributed by atoms with E-state index in [0.717, 1.165) is 5.56 Å². The molecule has 2 aromatic rings. The van der Waals surface area contributed by atoms with Gasteiger partial charge >= 0.3 is 0 Å². The van der Waals surface area contributed by atoms with Crippen molar-refractivity contribution in [2.75, 3.05) is 7.11 Å². The first kappa shape index (κ1) is 11.1. The van der Waals surface area contributed by atoms with Gasteiger partial charge in [-0.05, 0) is 0 Å². The highest BCUT2D eigenvalue weighted by Gasteiger charge is 2.12. The molecule has 0 fully saturated rings. The van der Waals surface area contributed by atoms with Crippen LogP contribution in [0.25, 0.3) is 11.3 Å². The highest BCUT2D eigenvalue weighted by atomic mass is 16.5. The zero-order valence-corrected chi connectivity index (χ0v) is 9.25. The largest absolute Gasteiger partial charge is 0.493 e. The van der Waals surface area contributed by atoms with Crippen LogP contribution < -0.4 is 10.5 Å². The summed E-state index contributed by atoms with van der Waals surface area (Å²) in [5.74, 6) is -0.185. The van der Waals surface area contributed by atoms with Gasteiger partial charge in [0.2, 0.25) is 5.82 Å². The number of primary amides is 1. The highest BCUT2D eigenvalue weighted by Crippen LogP contribution is 2.26. The molecular weight excluding hydrogens is 218 g/mol. The molecule has 5 heteroatoms. The third-order valence-electron chi connectivity index (χ3n) is 2.24. The van der Waals surface area contributed by atoms with Gasteiger partial charge in [0.05, 0.1) is 13.3 Å². The highest BCUT2D eigenvalue weighted by molar-refractivity contribution is 5.89. The van der Waals surface area contributed by atoms with Crippen molar-refractivity contribution < 1.29 is 9.53 Å². The Hall–Kier alpha value is -2.43. The second-order valence-electron chi connectivity index (χ2n) is 3.34. The molecule has 5 nitrogen and oxygen atoms in total. The minimum Gasteiger partial charge on any atom is -0.493 e. The Labute approximate surface area is 98.3 Å². The summed E-state index contributed by atoms with van der Waals surface area (Å²) in [6.07, 6.45) is 1.44. The number of carbonyl (C=O) groups excluding carboxylic acids is 1. The van der Waals surface area contributed by atoms with Crippen LogP contribution in [0.5, 0.6) is 5.75 Å². The minimum absolute atomic E-state index is 0.0235. The predicted octanol–water partition coefficient (Wildman–Crippen LogP) is 1.25. The minimum atomic E-state index is -0.662. The van der Waals surface area contributed by atoms with Gasteiger partial charge in [-0.25, -0.2) is 9.97 Å². The van der Waals surface area contributed by atoms with Crippen molar-refractivity contribution in [2.45, 2.75) is 0 Å². The fourth-order valence-corrected chi connectivity index (χ4v) is 1.44. The summed E-state index contributed by atoms with van der Waals surface area (Å²) in [6.45, 7) is 0. The van der Waals surface area contributed by atoms with E-state index in [4.69, 9.17) is 10.5 Å². The summed E-state index contributed by atoms with van der Waals surface area (Å²) in [5, 5.41) is 0. The molecule has 86 valence electrons. The van der Waals surface area contributed by atoms with Crippen LogP contribution in [0.3, 0.4) is 0 Å². The van der Waals surface area contributed by atoms with Gasteiger partial charge < -0.3 is 10.5 Å². The number of nitrogens with two attached hydrogens (primary N) is 1. The van der Waals surface area contributed by atoms with Gasteiger partial charge in [-0.15, -0.1) is 0 Å². The Morgan fingerprint density at radius 1 is 1.29 bits per heavy atom. The quantitative estimate of drug-likeness (QED) is 0.859. The van der Waals surface area contributed by atoms with Crippen molar-refractivity contribution in [3.63, 3.8) is 0 Å². The van der Waals surface area contributed by atoms with E-state index in [1.165, 1.54) is 13.3 Å². The zero-order valence-electron chi connectivity index (χ0n) is 9.25. The average molecular weight is 229 g/mol. The molecular formula is C12H11N3O2. The molecule has 0 atom stereocenters. The lowest BCUT2D eigenvalue weighted by molar-refractivity contribution is 0.0990. The van der Waals surface area contributed by atoms with Crippen molar-refractivity contribution in [3.8, 4) is 17.0 Å². The molecule has 2 N–H and O–H groups in total. The van der Waals surface area contributed by atoms with Crippen LogP contribution in [0.2, 0.25) is 0 Å². The summed E-state index contributed by atoms with van der Waals surface area (Å²) in [5.41, 5.74) is 6.54. The van der Waals surface area contributed by atoms with E-state index < -0.39 is 5.91 Å². The Balaban J connectivity index is 2.58. The number of carbonyl (C=O) groups is 1. The van der Waals surface area contributed by atoms with Crippen LogP contribution in [-0.4, -0.2) is 23.0 Å². The van der Waals surface area contributed by atoms with Crippen molar-refractivity contribution in [2.24, 2.45) is 5.73 Å². The van der Waals surface area contributed by atoms with Crippen LogP contribution in [0.15, 0.2) is 36.5 Å². The molecule has 0 aliphatic carbocycles. The van der Waals surface area contributed by atoms with Crippen molar-refractivity contribution in [1.82, 2.24) is 9.97 Å². The van der Waals surface area contributed by atoms with E-state index in [9.17, 15) is 4.79 Å². The predicted molar refractivity (Wildman–Crippen MR) is 62.5 cm³/mol. The Kier molecular flexibility index (Phi) is 3.00. The third kappa shape index (κ3) is 2.23. The summed E-state index contributed by atoms with van der Waals surface area (Å²) >= 11 is 0. The van der Waals surface area contributed by atoms with Gasteiger partial charge in [-0.3, -0.25) is 4.79 Å². The average Bonchev–Trinajstić information content (AvgIpc) is 2.39. The van der Waals surface area contributed by atoms with E-state index >= 15 is 0 Å². The molecule has 1 aromatic heterocycles. The zero-order chi connectivity index (χ0) is 12.3. The lowest BCUT2D eigenvalue weighted by atomic mass is 10.1. The molecule has 0 radical (unpaired) electrons. The molecule has 1 heterocycles. The second-order valence-corrected chi connectivity index (χ2v) is 3.34. The number of ether oxygens (including phenoxy) is 1. The van der Waals surface area contributed by atoms with E-state index in [-0.39, 0.29) is 5.82 Å². The molecule has 0 saturated heterocycles. The van der Waals surface area contributed by atoms with E-state index in [1.807, 2.05) is 30.3 Å². The fourth-order valence-electron chi connectivity index (χ4n) is 1.44. The summed E-state index contributed by atoms with van der Waals surface area (Å²) in [7, 11) is 1.52. The van der Waals surface area contributed by atoms with Crippen LogP contribution in [0.4, 0.5) is 0 Å². The number of methoxy groups -OCH3 is 1. The number of hydrogen-bond acceptors (Lipinski definition) is 4. The van der Waals surface area contributed by atoms with E-state index in [1.54, 1.807) is 0 Å². The molecule has 0 saturated carbocycles. The standard InChI is InChI=1S/C12H11N3O2/c1-17-9-7-14-12(11(13)16)15-10(9)8-5-3-2-4-6-8/h2-7H,1H3,(H2,13,16). The molecule has 1 aromatic carbocycles. The second kappa shape index (κ2) is 4.61. The number of aromatic nitrogens is 2. The molecule has 17 heavy (non-hydrogen) atoms. The van der Waals surface area contributed by atoms with Gasteiger partial charge in [0.1, 0.15) is 5.69 Å². The first-order chi connectivity index (χ1) is 8.22. The molecule has 0 unspecified atom stereocenters. The molecule has 1 amide bonds. The smallest absolute Gasteiger partial charge is 0.286 e. The lowest BCUT2D eigenvalue weighted by Crippen LogP contribution is -2.15. The van der Waals surface area contributed by atoms with Gasteiger partial charge in [-0.2, -0.15) is 0 Å². The topological polar surface area (TPSA) is 78.1 Å². The Morgan fingerprint density at radius 2 is 2.00 bits per heavy atom. The van der Waals surface area contributed by atoms with E-state index in [0.29, 0.717) is 11.4 Å². The number of nitrogens with zero attached hydrogens (tertiary/aromatic N) is 2. The monoisotopic (exact) mass is 229 g/mol. The maximum Gasteiger partial charge on any atom is 0.286 e. The first-order valence-electron chi connectivity index (χ1n) is 4.98. The number of benzene rings is 1. The normalized spacial score (nSPS) is 9.94. The summed E-state index contributed by atoms with van der Waals surface area (Å²) in [4.78, 5) is 19.0. The number of rotatable bonds is 3. The molecule has 0 bridgehead atoms.